The van der Waals surface area contributed by atoms with E-state index in [-0.39, 0.29) is 5.75 Å². The van der Waals surface area contributed by atoms with Crippen LogP contribution in [-0.4, -0.2) is 25.2 Å². The summed E-state index contributed by atoms with van der Waals surface area (Å²) in [4.78, 5) is 11.0. The molecule has 5 nitrogen and oxygen atoms in total. The third-order valence-corrected chi connectivity index (χ3v) is 3.41. The molecule has 0 aliphatic carbocycles. The highest BCUT2D eigenvalue weighted by Crippen LogP contribution is 2.13. The lowest BCUT2D eigenvalue weighted by atomic mass is 10.1. The maximum absolute atomic E-state index is 11.3. The first-order valence-corrected chi connectivity index (χ1v) is 6.39. The zero-order valence-corrected chi connectivity index (χ0v) is 9.57. The molecule has 0 fully saturated rings. The Labute approximate surface area is 94.2 Å². The van der Waals surface area contributed by atoms with E-state index in [1.165, 1.54) is 6.92 Å². The van der Waals surface area contributed by atoms with Crippen LogP contribution in [0, 0.1) is 0 Å². The average Bonchev–Trinajstić information content (AvgIpc) is 2.27. The number of hydrogen-bond donors (Lipinski definition) is 2. The molecule has 2 N–H and O–H groups in total. The minimum atomic E-state index is -3.54. The fraction of sp³-hybridized carbons (Fsp3) is 0.300. The van der Waals surface area contributed by atoms with E-state index in [1.54, 1.807) is 30.3 Å². The summed E-state index contributed by atoms with van der Waals surface area (Å²) in [7, 11) is -3.54. The van der Waals surface area contributed by atoms with Gasteiger partial charge in [-0.25, -0.2) is 8.42 Å². The minimum Gasteiger partial charge on any atom is -0.480 e. The number of carboxylic acid groups (broad SMARTS) is 1. The predicted molar refractivity (Wildman–Crippen MR) is 59.4 cm³/mol. The Bertz CT molecular complexity index is 455. The topological polar surface area (TPSA) is 83.5 Å². The Morgan fingerprint density at radius 1 is 1.38 bits per heavy atom. The molecule has 0 amide bonds. The smallest absolute Gasteiger partial charge is 0.326 e. The number of nitrogens with one attached hydrogen (secondary N) is 1. The van der Waals surface area contributed by atoms with Gasteiger partial charge in [-0.05, 0) is 12.5 Å². The summed E-state index contributed by atoms with van der Waals surface area (Å²) in [6.45, 7) is 1.45. The highest BCUT2D eigenvalue weighted by molar-refractivity contribution is 7.89. The normalized spacial score (nSPS) is 13.3. The summed E-state index contributed by atoms with van der Waals surface area (Å²) in [5.74, 6) is -1.37. The highest BCUT2D eigenvalue weighted by Gasteiger charge is 2.24. The van der Waals surface area contributed by atoms with Crippen LogP contribution in [0.25, 0.3) is 0 Å². The van der Waals surface area contributed by atoms with E-state index in [4.69, 9.17) is 5.11 Å². The van der Waals surface area contributed by atoms with Crippen molar-refractivity contribution < 1.29 is 18.3 Å². The van der Waals surface area contributed by atoms with E-state index in [0.29, 0.717) is 5.56 Å². The van der Waals surface area contributed by atoms with Crippen LogP contribution in [0.5, 0.6) is 0 Å². The molecule has 1 aromatic carbocycles. The maximum atomic E-state index is 11.3. The SMILES string of the molecule is CCS(=O)(=O)N[C@@H](C(=O)O)c1ccccc1. The van der Waals surface area contributed by atoms with E-state index < -0.39 is 22.0 Å². The summed E-state index contributed by atoms with van der Waals surface area (Å²) in [5.41, 5.74) is 0.409. The molecule has 16 heavy (non-hydrogen) atoms. The van der Waals surface area contributed by atoms with Gasteiger partial charge in [0, 0.05) is 0 Å². The average molecular weight is 243 g/mol. The molecule has 88 valence electrons. The van der Waals surface area contributed by atoms with E-state index in [0.717, 1.165) is 0 Å². The van der Waals surface area contributed by atoms with Gasteiger partial charge in [-0.15, -0.1) is 0 Å². The molecular formula is C10H13NO4S. The second-order valence-corrected chi connectivity index (χ2v) is 5.25. The summed E-state index contributed by atoms with van der Waals surface area (Å²) in [6.07, 6.45) is 0. The molecule has 0 radical (unpaired) electrons. The lowest BCUT2D eigenvalue weighted by Gasteiger charge is -2.14. The molecule has 0 saturated carbocycles. The maximum Gasteiger partial charge on any atom is 0.326 e. The Morgan fingerprint density at radius 3 is 2.38 bits per heavy atom. The first kappa shape index (κ1) is 12.7. The van der Waals surface area contributed by atoms with Gasteiger partial charge in [-0.1, -0.05) is 30.3 Å². The zero-order chi connectivity index (χ0) is 12.2. The summed E-state index contributed by atoms with van der Waals surface area (Å²) in [5, 5.41) is 8.96. The van der Waals surface area contributed by atoms with Crippen molar-refractivity contribution in [1.29, 1.82) is 0 Å². The number of sulfonamides is 1. The standard InChI is InChI=1S/C10H13NO4S/c1-2-16(14,15)11-9(10(12)13)8-6-4-3-5-7-8/h3-7,9,11H,2H2,1H3,(H,12,13)/t9-/m1/s1. The molecule has 0 aliphatic rings. The van der Waals surface area contributed by atoms with Gasteiger partial charge >= 0.3 is 5.97 Å². The number of carbonyl (C=O) groups is 1. The lowest BCUT2D eigenvalue weighted by Crippen LogP contribution is -2.34. The Hall–Kier alpha value is -1.40. The van der Waals surface area contributed by atoms with Crippen LogP contribution in [-0.2, 0) is 14.8 Å². The Balaban J connectivity index is 2.99. The Kier molecular flexibility index (Phi) is 4.03. The molecule has 6 heteroatoms. The van der Waals surface area contributed by atoms with Crippen LogP contribution in [0.4, 0.5) is 0 Å². The van der Waals surface area contributed by atoms with Gasteiger partial charge < -0.3 is 5.11 Å². The number of hydrogen-bond acceptors (Lipinski definition) is 3. The van der Waals surface area contributed by atoms with Gasteiger partial charge in [-0.2, -0.15) is 4.72 Å². The molecule has 0 heterocycles. The molecule has 1 rings (SSSR count). The third-order valence-electron chi connectivity index (χ3n) is 2.06. The van der Waals surface area contributed by atoms with Crippen LogP contribution >= 0.6 is 0 Å². The zero-order valence-electron chi connectivity index (χ0n) is 8.75. The Morgan fingerprint density at radius 2 is 1.94 bits per heavy atom. The van der Waals surface area contributed by atoms with Crippen molar-refractivity contribution in [3.05, 3.63) is 35.9 Å². The molecular weight excluding hydrogens is 230 g/mol. The first-order chi connectivity index (χ1) is 7.46. The molecule has 0 aromatic heterocycles. The molecule has 1 atom stereocenters. The molecule has 0 spiro atoms. The predicted octanol–water partition coefficient (Wildman–Crippen LogP) is 0.752. The molecule has 0 saturated heterocycles. The minimum absolute atomic E-state index is 0.149. The van der Waals surface area contributed by atoms with Crippen molar-refractivity contribution in [3.63, 3.8) is 0 Å². The second-order valence-electron chi connectivity index (χ2n) is 3.20. The molecule has 1 aromatic rings. The summed E-state index contributed by atoms with van der Waals surface area (Å²) < 4.78 is 24.8. The van der Waals surface area contributed by atoms with Crippen LogP contribution in [0.2, 0.25) is 0 Å². The van der Waals surface area contributed by atoms with Crippen molar-refractivity contribution in [2.75, 3.05) is 5.75 Å². The van der Waals surface area contributed by atoms with Gasteiger partial charge in [0.05, 0.1) is 5.75 Å². The van der Waals surface area contributed by atoms with E-state index in [2.05, 4.69) is 4.72 Å². The quantitative estimate of drug-likeness (QED) is 0.799. The van der Waals surface area contributed by atoms with Gasteiger partial charge in [0.1, 0.15) is 6.04 Å². The summed E-state index contributed by atoms with van der Waals surface area (Å²) in [6, 6.07) is 6.95. The number of carboxylic acids is 1. The second kappa shape index (κ2) is 5.09. The molecule has 0 unspecified atom stereocenters. The van der Waals surface area contributed by atoms with E-state index in [1.807, 2.05) is 0 Å². The van der Waals surface area contributed by atoms with Gasteiger partial charge in [0.15, 0.2) is 0 Å². The third kappa shape index (κ3) is 3.32. The van der Waals surface area contributed by atoms with Crippen molar-refractivity contribution in [3.8, 4) is 0 Å². The monoisotopic (exact) mass is 243 g/mol. The van der Waals surface area contributed by atoms with Crippen LogP contribution in [0.15, 0.2) is 30.3 Å². The molecule has 0 bridgehead atoms. The van der Waals surface area contributed by atoms with Crippen molar-refractivity contribution >= 4 is 16.0 Å². The number of aliphatic carboxylic acids is 1. The number of rotatable bonds is 5. The van der Waals surface area contributed by atoms with Crippen LogP contribution < -0.4 is 4.72 Å². The largest absolute Gasteiger partial charge is 0.480 e. The van der Waals surface area contributed by atoms with Crippen molar-refractivity contribution in [1.82, 2.24) is 4.72 Å². The fourth-order valence-corrected chi connectivity index (χ4v) is 1.93. The van der Waals surface area contributed by atoms with Crippen molar-refractivity contribution in [2.24, 2.45) is 0 Å². The van der Waals surface area contributed by atoms with Crippen LogP contribution in [0.1, 0.15) is 18.5 Å². The first-order valence-electron chi connectivity index (χ1n) is 4.74. The van der Waals surface area contributed by atoms with Crippen molar-refractivity contribution in [2.45, 2.75) is 13.0 Å². The van der Waals surface area contributed by atoms with E-state index in [9.17, 15) is 13.2 Å². The summed E-state index contributed by atoms with van der Waals surface area (Å²) >= 11 is 0. The number of benzene rings is 1. The van der Waals surface area contributed by atoms with Gasteiger partial charge in [0.25, 0.3) is 0 Å². The van der Waals surface area contributed by atoms with Crippen LogP contribution in [0.3, 0.4) is 0 Å². The van der Waals surface area contributed by atoms with E-state index >= 15 is 0 Å². The lowest BCUT2D eigenvalue weighted by molar-refractivity contribution is -0.139. The van der Waals surface area contributed by atoms with Gasteiger partial charge in [0.2, 0.25) is 10.0 Å². The van der Waals surface area contributed by atoms with Gasteiger partial charge in [-0.3, -0.25) is 4.79 Å². The highest BCUT2D eigenvalue weighted by atomic mass is 32.2. The molecule has 0 aliphatic heterocycles. The fourth-order valence-electron chi connectivity index (χ4n) is 1.17.